The Labute approximate surface area is 179 Å². The summed E-state index contributed by atoms with van der Waals surface area (Å²) in [6.07, 6.45) is 0. The van der Waals surface area contributed by atoms with Crippen LogP contribution in [0.5, 0.6) is 17.2 Å². The van der Waals surface area contributed by atoms with E-state index < -0.39 is 5.91 Å². The average Bonchev–Trinajstić information content (AvgIpc) is 3.09. The van der Waals surface area contributed by atoms with E-state index in [1.165, 1.54) is 25.6 Å². The first-order chi connectivity index (χ1) is 14.6. The van der Waals surface area contributed by atoms with Crippen molar-refractivity contribution in [3.8, 4) is 17.2 Å². The van der Waals surface area contributed by atoms with Crippen molar-refractivity contribution < 1.29 is 23.7 Å². The summed E-state index contributed by atoms with van der Waals surface area (Å²) in [6, 6.07) is 11.0. The summed E-state index contributed by atoms with van der Waals surface area (Å²) in [6.45, 7) is 6.23. The molecule has 1 aromatic heterocycles. The first-order valence-corrected chi connectivity index (χ1v) is 10.6. The summed E-state index contributed by atoms with van der Waals surface area (Å²) in [5, 5.41) is 0. The molecular weight excluding hydrogens is 404 g/mol. The molecule has 8 heteroatoms. The van der Waals surface area contributed by atoms with Crippen molar-refractivity contribution >= 4 is 27.5 Å². The fraction of sp³-hybridized carbons (Fsp3) is 0.364. The number of carbonyl (C=O) groups excluding carboxylic acids is 1. The Kier molecular flexibility index (Phi) is 7.48. The smallest absolute Gasteiger partial charge is 0.283 e. The highest BCUT2D eigenvalue weighted by Gasteiger charge is 2.17. The van der Waals surface area contributed by atoms with E-state index in [9.17, 15) is 4.79 Å². The fourth-order valence-corrected chi connectivity index (χ4v) is 4.20. The second-order valence-electron chi connectivity index (χ2n) is 6.25. The van der Waals surface area contributed by atoms with Gasteiger partial charge < -0.3 is 23.5 Å². The molecule has 0 saturated heterocycles. The normalized spacial score (nSPS) is 11.7. The minimum absolute atomic E-state index is 0.348. The van der Waals surface area contributed by atoms with Crippen LogP contribution < -0.4 is 19.0 Å². The summed E-state index contributed by atoms with van der Waals surface area (Å²) >= 11 is 1.44. The predicted molar refractivity (Wildman–Crippen MR) is 117 cm³/mol. The van der Waals surface area contributed by atoms with Gasteiger partial charge in [0.05, 0.1) is 43.2 Å². The lowest BCUT2D eigenvalue weighted by Gasteiger charge is -2.10. The van der Waals surface area contributed by atoms with Gasteiger partial charge in [0.1, 0.15) is 5.75 Å². The predicted octanol–water partition coefficient (Wildman–Crippen LogP) is 3.90. The van der Waals surface area contributed by atoms with Crippen LogP contribution in [-0.2, 0) is 11.3 Å². The van der Waals surface area contributed by atoms with Crippen LogP contribution in [-0.4, -0.2) is 44.5 Å². The number of ether oxygens (including phenoxy) is 4. The monoisotopic (exact) mass is 430 g/mol. The van der Waals surface area contributed by atoms with Gasteiger partial charge in [0, 0.05) is 13.2 Å². The molecule has 0 unspecified atom stereocenters. The number of nitrogens with zero attached hydrogens (tertiary/aromatic N) is 2. The van der Waals surface area contributed by atoms with Gasteiger partial charge in [-0.2, -0.15) is 4.99 Å². The molecule has 7 nitrogen and oxygen atoms in total. The van der Waals surface area contributed by atoms with Crippen molar-refractivity contribution in [2.75, 3.05) is 34.0 Å². The standard InChI is InChI=1S/C22H26N2O5S/c1-5-28-13-12-24-17-11-10-15(29-6-2)14-19(17)30-22(24)23-21(25)16-8-7-9-18(26-3)20(16)27-4/h7-11,14H,5-6,12-13H2,1-4H3. The molecule has 0 radical (unpaired) electrons. The second kappa shape index (κ2) is 10.3. The average molecular weight is 431 g/mol. The van der Waals surface area contributed by atoms with Crippen LogP contribution in [0.4, 0.5) is 0 Å². The molecule has 0 aliphatic heterocycles. The molecule has 0 spiro atoms. The highest BCUT2D eigenvalue weighted by atomic mass is 32.1. The lowest BCUT2D eigenvalue weighted by molar-refractivity contribution is 0.0993. The maximum Gasteiger partial charge on any atom is 0.283 e. The zero-order chi connectivity index (χ0) is 21.5. The van der Waals surface area contributed by atoms with Crippen LogP contribution in [0.2, 0.25) is 0 Å². The molecule has 0 saturated carbocycles. The van der Waals surface area contributed by atoms with Crippen molar-refractivity contribution in [3.05, 3.63) is 46.8 Å². The van der Waals surface area contributed by atoms with Gasteiger partial charge in [0.25, 0.3) is 5.91 Å². The number of aromatic nitrogens is 1. The number of rotatable bonds is 9. The molecule has 0 atom stereocenters. The van der Waals surface area contributed by atoms with Gasteiger partial charge in [-0.25, -0.2) is 0 Å². The van der Waals surface area contributed by atoms with Gasteiger partial charge in [-0.05, 0) is 44.2 Å². The molecule has 0 bridgehead atoms. The number of hydrogen-bond acceptors (Lipinski definition) is 6. The van der Waals surface area contributed by atoms with Crippen LogP contribution in [0.25, 0.3) is 10.2 Å². The van der Waals surface area contributed by atoms with Crippen LogP contribution in [0.3, 0.4) is 0 Å². The number of fused-ring (bicyclic) bond motifs is 1. The summed E-state index contributed by atoms with van der Waals surface area (Å²) in [5.41, 5.74) is 1.33. The second-order valence-corrected chi connectivity index (χ2v) is 7.26. The summed E-state index contributed by atoms with van der Waals surface area (Å²) in [4.78, 5) is 18.0. The third-order valence-corrected chi connectivity index (χ3v) is 5.50. The Hall–Kier alpha value is -2.84. The molecular formula is C22H26N2O5S. The number of para-hydroxylation sites is 1. The van der Waals surface area contributed by atoms with E-state index in [4.69, 9.17) is 18.9 Å². The van der Waals surface area contributed by atoms with E-state index in [1.54, 1.807) is 18.2 Å². The highest BCUT2D eigenvalue weighted by molar-refractivity contribution is 7.16. The molecule has 2 aromatic carbocycles. The lowest BCUT2D eigenvalue weighted by Crippen LogP contribution is -2.20. The molecule has 0 aliphatic rings. The van der Waals surface area contributed by atoms with E-state index in [2.05, 4.69) is 4.99 Å². The Balaban J connectivity index is 2.09. The Bertz CT molecular complexity index is 1090. The van der Waals surface area contributed by atoms with Crippen molar-refractivity contribution in [1.29, 1.82) is 0 Å². The largest absolute Gasteiger partial charge is 0.494 e. The fourth-order valence-electron chi connectivity index (χ4n) is 3.11. The Morgan fingerprint density at radius 3 is 2.63 bits per heavy atom. The zero-order valence-electron chi connectivity index (χ0n) is 17.6. The van der Waals surface area contributed by atoms with E-state index in [0.29, 0.717) is 48.2 Å². The first-order valence-electron chi connectivity index (χ1n) is 9.76. The maximum absolute atomic E-state index is 13.0. The molecule has 1 amide bonds. The van der Waals surface area contributed by atoms with Crippen molar-refractivity contribution in [2.45, 2.75) is 20.4 Å². The van der Waals surface area contributed by atoms with E-state index in [-0.39, 0.29) is 0 Å². The van der Waals surface area contributed by atoms with Gasteiger partial charge >= 0.3 is 0 Å². The van der Waals surface area contributed by atoms with Crippen molar-refractivity contribution in [2.24, 2.45) is 4.99 Å². The van der Waals surface area contributed by atoms with Gasteiger partial charge in [0.15, 0.2) is 16.3 Å². The van der Waals surface area contributed by atoms with E-state index in [0.717, 1.165) is 16.0 Å². The topological polar surface area (TPSA) is 71.3 Å². The van der Waals surface area contributed by atoms with Crippen LogP contribution in [0.15, 0.2) is 41.4 Å². The van der Waals surface area contributed by atoms with Gasteiger partial charge in [-0.3, -0.25) is 4.79 Å². The molecule has 0 aliphatic carbocycles. The third-order valence-electron chi connectivity index (χ3n) is 4.46. The molecule has 0 N–H and O–H groups in total. The SMILES string of the molecule is CCOCCn1c(=NC(=O)c2cccc(OC)c2OC)sc2cc(OCC)ccc21. The highest BCUT2D eigenvalue weighted by Crippen LogP contribution is 2.31. The number of methoxy groups -OCH3 is 2. The van der Waals surface area contributed by atoms with Gasteiger partial charge in [-0.15, -0.1) is 0 Å². The molecule has 160 valence electrons. The lowest BCUT2D eigenvalue weighted by atomic mass is 10.2. The molecule has 30 heavy (non-hydrogen) atoms. The maximum atomic E-state index is 13.0. The number of carbonyl (C=O) groups is 1. The number of thiazole rings is 1. The summed E-state index contributed by atoms with van der Waals surface area (Å²) in [7, 11) is 3.04. The quantitative estimate of drug-likeness (QED) is 0.482. The third kappa shape index (κ3) is 4.66. The minimum Gasteiger partial charge on any atom is -0.494 e. The van der Waals surface area contributed by atoms with Crippen molar-refractivity contribution in [3.63, 3.8) is 0 Å². The number of benzene rings is 2. The molecule has 3 rings (SSSR count). The van der Waals surface area contributed by atoms with Crippen LogP contribution in [0.1, 0.15) is 24.2 Å². The number of hydrogen-bond donors (Lipinski definition) is 0. The van der Waals surface area contributed by atoms with Crippen molar-refractivity contribution in [1.82, 2.24) is 4.57 Å². The van der Waals surface area contributed by atoms with Crippen LogP contribution >= 0.6 is 11.3 Å². The Morgan fingerprint density at radius 1 is 1.10 bits per heavy atom. The minimum atomic E-state index is -0.396. The van der Waals surface area contributed by atoms with E-state index >= 15 is 0 Å². The first kappa shape index (κ1) is 21.9. The summed E-state index contributed by atoms with van der Waals surface area (Å²) in [5.74, 6) is 1.25. The summed E-state index contributed by atoms with van der Waals surface area (Å²) < 4.78 is 24.8. The molecule has 1 heterocycles. The number of amides is 1. The molecule has 0 fully saturated rings. The zero-order valence-corrected chi connectivity index (χ0v) is 18.5. The molecule has 3 aromatic rings. The van der Waals surface area contributed by atoms with Gasteiger partial charge in [-0.1, -0.05) is 17.4 Å². The van der Waals surface area contributed by atoms with E-state index in [1.807, 2.05) is 36.6 Å². The van der Waals surface area contributed by atoms with Crippen LogP contribution in [0, 0.1) is 0 Å². The van der Waals surface area contributed by atoms with Gasteiger partial charge in [0.2, 0.25) is 0 Å². The Morgan fingerprint density at radius 2 is 1.93 bits per heavy atom.